The molecule has 1 saturated carbocycles. The van der Waals surface area contributed by atoms with Gasteiger partial charge in [0.1, 0.15) is 0 Å². The zero-order valence-corrected chi connectivity index (χ0v) is 17.7. The van der Waals surface area contributed by atoms with E-state index in [4.69, 9.17) is 4.74 Å². The number of carbonyl (C=O) groups is 2. The van der Waals surface area contributed by atoms with Crippen molar-refractivity contribution >= 4 is 12.0 Å². The maximum absolute atomic E-state index is 12.7. The van der Waals surface area contributed by atoms with E-state index in [0.717, 1.165) is 37.8 Å². The summed E-state index contributed by atoms with van der Waals surface area (Å²) in [6, 6.07) is 9.50. The second-order valence-corrected chi connectivity index (χ2v) is 8.43. The van der Waals surface area contributed by atoms with Crippen molar-refractivity contribution < 1.29 is 14.3 Å². The van der Waals surface area contributed by atoms with Crippen LogP contribution in [0.4, 0.5) is 4.79 Å². The van der Waals surface area contributed by atoms with E-state index in [9.17, 15) is 9.59 Å². The predicted octanol–water partition coefficient (Wildman–Crippen LogP) is 2.42. The minimum absolute atomic E-state index is 0.285. The minimum Gasteiger partial charge on any atom is -0.466 e. The summed E-state index contributed by atoms with van der Waals surface area (Å²) in [6.45, 7) is 4.50. The molecule has 1 aromatic rings. The Labute approximate surface area is 178 Å². The highest BCUT2D eigenvalue weighted by atomic mass is 16.5. The first-order valence-corrected chi connectivity index (χ1v) is 11.1. The monoisotopic (exact) mass is 412 g/mol. The minimum atomic E-state index is -0.508. The molecule has 0 aromatic heterocycles. The Bertz CT molecular complexity index is 781. The Kier molecular flexibility index (Phi) is 6.69. The van der Waals surface area contributed by atoms with E-state index in [2.05, 4.69) is 20.4 Å². The number of nitrogens with one attached hydrogen (secondary N) is 2. The molecule has 0 spiro atoms. The molecular formula is C23H32N4O3. The average molecular weight is 413 g/mol. The number of esters is 1. The highest BCUT2D eigenvalue weighted by Crippen LogP contribution is 2.28. The number of rotatable bonds is 5. The molecule has 1 unspecified atom stereocenters. The van der Waals surface area contributed by atoms with Crippen molar-refractivity contribution in [2.24, 2.45) is 0 Å². The van der Waals surface area contributed by atoms with E-state index < -0.39 is 12.0 Å². The molecule has 0 radical (unpaired) electrons. The normalized spacial score (nSPS) is 24.3. The van der Waals surface area contributed by atoms with Crippen LogP contribution in [0.1, 0.15) is 43.7 Å². The van der Waals surface area contributed by atoms with Crippen LogP contribution in [0.2, 0.25) is 0 Å². The van der Waals surface area contributed by atoms with E-state index >= 15 is 0 Å². The van der Waals surface area contributed by atoms with Gasteiger partial charge in [-0.05, 0) is 18.4 Å². The Morgan fingerprint density at radius 2 is 1.77 bits per heavy atom. The van der Waals surface area contributed by atoms with E-state index in [1.807, 2.05) is 30.3 Å². The van der Waals surface area contributed by atoms with Crippen LogP contribution < -0.4 is 10.6 Å². The Morgan fingerprint density at radius 3 is 2.43 bits per heavy atom. The van der Waals surface area contributed by atoms with Crippen molar-refractivity contribution in [3.63, 3.8) is 0 Å². The first-order chi connectivity index (χ1) is 14.7. The third-order valence-corrected chi connectivity index (χ3v) is 6.57. The van der Waals surface area contributed by atoms with Gasteiger partial charge in [0.15, 0.2) is 0 Å². The van der Waals surface area contributed by atoms with Gasteiger partial charge in [-0.15, -0.1) is 0 Å². The Balaban J connectivity index is 1.49. The molecule has 2 N–H and O–H groups in total. The highest BCUT2D eigenvalue weighted by molar-refractivity contribution is 5.95. The average Bonchev–Trinajstić information content (AvgIpc) is 2.80. The lowest BCUT2D eigenvalue weighted by Gasteiger charge is -2.41. The molecule has 1 aliphatic carbocycles. The molecule has 162 valence electrons. The van der Waals surface area contributed by atoms with Gasteiger partial charge >= 0.3 is 12.0 Å². The third-order valence-electron chi connectivity index (χ3n) is 6.57. The summed E-state index contributed by atoms with van der Waals surface area (Å²) >= 11 is 0. The second-order valence-electron chi connectivity index (χ2n) is 8.43. The van der Waals surface area contributed by atoms with Crippen molar-refractivity contribution in [3.05, 3.63) is 47.2 Å². The van der Waals surface area contributed by atoms with E-state index in [-0.39, 0.29) is 6.03 Å². The summed E-state index contributed by atoms with van der Waals surface area (Å²) in [5.74, 6) is -0.410. The smallest absolute Gasteiger partial charge is 0.338 e. The molecule has 3 aliphatic rings. The Hall–Kier alpha value is -2.38. The molecule has 30 heavy (non-hydrogen) atoms. The van der Waals surface area contributed by atoms with Gasteiger partial charge in [0.05, 0.1) is 18.7 Å². The summed E-state index contributed by atoms with van der Waals surface area (Å²) in [4.78, 5) is 30.0. The lowest BCUT2D eigenvalue weighted by Crippen LogP contribution is -2.53. The van der Waals surface area contributed by atoms with E-state index in [0.29, 0.717) is 17.8 Å². The van der Waals surface area contributed by atoms with Gasteiger partial charge in [0.2, 0.25) is 0 Å². The second kappa shape index (κ2) is 9.62. The van der Waals surface area contributed by atoms with E-state index in [1.54, 1.807) is 0 Å². The van der Waals surface area contributed by atoms with Gasteiger partial charge in [-0.1, -0.05) is 49.6 Å². The number of nitrogens with zero attached hydrogens (tertiary/aromatic N) is 2. The third kappa shape index (κ3) is 4.68. The fraction of sp³-hybridized carbons (Fsp3) is 0.565. The number of carbonyl (C=O) groups excluding carboxylic acids is 2. The van der Waals surface area contributed by atoms with Crippen molar-refractivity contribution in [1.82, 2.24) is 20.4 Å². The molecule has 7 nitrogen and oxygen atoms in total. The summed E-state index contributed by atoms with van der Waals surface area (Å²) in [7, 11) is 1.38. The standard InChI is InChI=1S/C23H32N4O3/c1-30-22(28)20-19(24-23(29)25-21(20)17-8-4-2-5-9-17)16-26-12-14-27(15-13-26)18-10-6-3-7-11-18/h2,4-5,8-9,18,21H,3,6-7,10-16H2,1H3,(H2,24,25,29). The number of ether oxygens (including phenoxy) is 1. The summed E-state index contributed by atoms with van der Waals surface area (Å²) < 4.78 is 5.08. The molecule has 2 heterocycles. The molecule has 0 bridgehead atoms. The molecule has 1 atom stereocenters. The van der Waals surface area contributed by atoms with Crippen LogP contribution in [0, 0.1) is 0 Å². The number of piperazine rings is 1. The zero-order valence-electron chi connectivity index (χ0n) is 17.7. The van der Waals surface area contributed by atoms with Crippen LogP contribution in [-0.4, -0.2) is 67.7 Å². The van der Waals surface area contributed by atoms with Gasteiger partial charge in [-0.25, -0.2) is 9.59 Å². The molecule has 2 aliphatic heterocycles. The van der Waals surface area contributed by atoms with Crippen molar-refractivity contribution in [2.45, 2.75) is 44.2 Å². The molecule has 2 fully saturated rings. The lowest BCUT2D eigenvalue weighted by molar-refractivity contribution is -0.136. The van der Waals surface area contributed by atoms with Crippen LogP contribution in [0.25, 0.3) is 0 Å². The molecule has 1 saturated heterocycles. The maximum atomic E-state index is 12.7. The van der Waals surface area contributed by atoms with Crippen molar-refractivity contribution in [1.29, 1.82) is 0 Å². The van der Waals surface area contributed by atoms with Crippen LogP contribution in [0.3, 0.4) is 0 Å². The first kappa shape index (κ1) is 20.9. The van der Waals surface area contributed by atoms with Gasteiger partial charge < -0.3 is 15.4 Å². The fourth-order valence-corrected chi connectivity index (χ4v) is 4.95. The molecule has 7 heteroatoms. The van der Waals surface area contributed by atoms with Crippen LogP contribution >= 0.6 is 0 Å². The molecule has 4 rings (SSSR count). The van der Waals surface area contributed by atoms with Crippen molar-refractivity contribution in [3.8, 4) is 0 Å². The van der Waals surface area contributed by atoms with Gasteiger partial charge in [0.25, 0.3) is 0 Å². The number of hydrogen-bond donors (Lipinski definition) is 2. The Morgan fingerprint density at radius 1 is 1.07 bits per heavy atom. The first-order valence-electron chi connectivity index (χ1n) is 11.1. The number of amides is 2. The topological polar surface area (TPSA) is 73.9 Å². The number of urea groups is 1. The fourth-order valence-electron chi connectivity index (χ4n) is 4.95. The van der Waals surface area contributed by atoms with Gasteiger partial charge in [0, 0.05) is 44.5 Å². The summed E-state index contributed by atoms with van der Waals surface area (Å²) in [5, 5.41) is 5.76. The van der Waals surface area contributed by atoms with Gasteiger partial charge in [-0.2, -0.15) is 0 Å². The van der Waals surface area contributed by atoms with Gasteiger partial charge in [-0.3, -0.25) is 9.80 Å². The van der Waals surface area contributed by atoms with Crippen LogP contribution in [0.15, 0.2) is 41.6 Å². The summed E-state index contributed by atoms with van der Waals surface area (Å²) in [5.41, 5.74) is 2.00. The number of benzene rings is 1. The molecule has 1 aromatic carbocycles. The van der Waals surface area contributed by atoms with Crippen molar-refractivity contribution in [2.75, 3.05) is 39.8 Å². The van der Waals surface area contributed by atoms with Crippen LogP contribution in [0.5, 0.6) is 0 Å². The molecular weight excluding hydrogens is 380 g/mol. The number of methoxy groups -OCH3 is 1. The summed E-state index contributed by atoms with van der Waals surface area (Å²) in [6.07, 6.45) is 6.70. The zero-order chi connectivity index (χ0) is 20.9. The SMILES string of the molecule is COC(=O)C1=C(CN2CCN(C3CCCCC3)CC2)NC(=O)NC1c1ccccc1. The predicted molar refractivity (Wildman–Crippen MR) is 115 cm³/mol. The quantitative estimate of drug-likeness (QED) is 0.727. The highest BCUT2D eigenvalue weighted by Gasteiger charge is 2.34. The molecule has 2 amide bonds. The van der Waals surface area contributed by atoms with E-state index in [1.165, 1.54) is 39.2 Å². The maximum Gasteiger partial charge on any atom is 0.338 e. The largest absolute Gasteiger partial charge is 0.466 e. The van der Waals surface area contributed by atoms with Crippen LogP contribution in [-0.2, 0) is 9.53 Å². The lowest BCUT2D eigenvalue weighted by atomic mass is 9.93. The number of hydrogen-bond acceptors (Lipinski definition) is 5.